The molecule has 0 spiro atoms. The number of nitrogens with one attached hydrogen (secondary N) is 2. The monoisotopic (exact) mass is 315 g/mol. The molecule has 1 unspecified atom stereocenters. The van der Waals surface area contributed by atoms with Crippen molar-refractivity contribution in [3.05, 3.63) is 0 Å². The number of alkyl carbamates (subject to hydrolysis) is 1. The number of hydrogen-bond acceptors (Lipinski definition) is 5. The van der Waals surface area contributed by atoms with Gasteiger partial charge in [0.2, 0.25) is 5.91 Å². The van der Waals surface area contributed by atoms with Crippen LogP contribution in [0.2, 0.25) is 0 Å². The fourth-order valence-corrected chi connectivity index (χ4v) is 2.11. The summed E-state index contributed by atoms with van der Waals surface area (Å²) in [6.45, 7) is 9.18. The van der Waals surface area contributed by atoms with Crippen LogP contribution < -0.4 is 10.6 Å². The van der Waals surface area contributed by atoms with Crippen molar-refractivity contribution in [2.45, 2.75) is 51.8 Å². The molecule has 1 heterocycles. The topological polar surface area (TPSA) is 108 Å². The fraction of sp³-hybridized carbons (Fsp3) is 0.786. The largest absolute Gasteiger partial charge is 0.480 e. The van der Waals surface area contributed by atoms with Crippen LogP contribution in [0.15, 0.2) is 0 Å². The molecule has 126 valence electrons. The summed E-state index contributed by atoms with van der Waals surface area (Å²) in [6.07, 6.45) is -0.684. The van der Waals surface area contributed by atoms with Gasteiger partial charge in [0, 0.05) is 19.6 Å². The molecule has 2 amide bonds. The van der Waals surface area contributed by atoms with E-state index in [2.05, 4.69) is 10.6 Å². The van der Waals surface area contributed by atoms with Gasteiger partial charge in [-0.3, -0.25) is 9.59 Å². The van der Waals surface area contributed by atoms with Gasteiger partial charge in [-0.15, -0.1) is 0 Å². The van der Waals surface area contributed by atoms with E-state index in [-0.39, 0.29) is 12.5 Å². The average Bonchev–Trinajstić information content (AvgIpc) is 2.34. The molecule has 1 fully saturated rings. The number of carbonyl (C=O) groups excluding carboxylic acids is 2. The number of carbonyl (C=O) groups is 3. The zero-order valence-corrected chi connectivity index (χ0v) is 13.7. The van der Waals surface area contributed by atoms with Gasteiger partial charge in [-0.05, 0) is 34.6 Å². The molecule has 8 nitrogen and oxygen atoms in total. The first-order chi connectivity index (χ1) is 9.92. The van der Waals surface area contributed by atoms with Gasteiger partial charge in [-0.25, -0.2) is 4.79 Å². The van der Waals surface area contributed by atoms with E-state index >= 15 is 0 Å². The zero-order valence-electron chi connectivity index (χ0n) is 13.7. The number of aliphatic carboxylic acids is 1. The number of carboxylic acids is 1. The summed E-state index contributed by atoms with van der Waals surface area (Å²) < 4.78 is 5.14. The number of nitrogens with zero attached hydrogens (tertiary/aromatic N) is 1. The van der Waals surface area contributed by atoms with Crippen LogP contribution in [-0.2, 0) is 14.3 Å². The van der Waals surface area contributed by atoms with E-state index in [1.54, 1.807) is 34.6 Å². The van der Waals surface area contributed by atoms with E-state index < -0.39 is 29.2 Å². The highest BCUT2D eigenvalue weighted by molar-refractivity contribution is 5.90. The molecule has 0 aliphatic carbocycles. The third-order valence-corrected chi connectivity index (χ3v) is 3.11. The Morgan fingerprint density at radius 1 is 1.23 bits per heavy atom. The van der Waals surface area contributed by atoms with E-state index in [1.807, 2.05) is 0 Å². The highest BCUT2D eigenvalue weighted by atomic mass is 16.6. The molecule has 0 bridgehead atoms. The first kappa shape index (κ1) is 18.2. The number of ether oxygens (including phenoxy) is 1. The van der Waals surface area contributed by atoms with Crippen LogP contribution in [0.3, 0.4) is 0 Å². The van der Waals surface area contributed by atoms with Gasteiger partial charge in [0.25, 0.3) is 0 Å². The van der Waals surface area contributed by atoms with Crippen molar-refractivity contribution in [1.29, 1.82) is 0 Å². The third kappa shape index (κ3) is 5.18. The van der Waals surface area contributed by atoms with Crippen molar-refractivity contribution in [3.8, 4) is 0 Å². The third-order valence-electron chi connectivity index (χ3n) is 3.11. The number of hydrogen-bond donors (Lipinski definition) is 3. The number of amides is 2. The maximum absolute atomic E-state index is 12.5. The second kappa shape index (κ2) is 6.51. The highest BCUT2D eigenvalue weighted by Gasteiger charge is 2.37. The summed E-state index contributed by atoms with van der Waals surface area (Å²) in [4.78, 5) is 36.8. The summed E-state index contributed by atoms with van der Waals surface area (Å²) >= 11 is 0. The Balaban J connectivity index is 2.69. The molecule has 0 aromatic heterocycles. The smallest absolute Gasteiger partial charge is 0.408 e. The molecule has 8 heteroatoms. The van der Waals surface area contributed by atoms with Gasteiger partial charge in [0.05, 0.1) is 0 Å². The van der Waals surface area contributed by atoms with Gasteiger partial charge >= 0.3 is 12.1 Å². The molecule has 1 aliphatic heterocycles. The van der Waals surface area contributed by atoms with Gasteiger partial charge in [-0.1, -0.05) is 0 Å². The predicted octanol–water partition coefficient (Wildman–Crippen LogP) is 0.175. The lowest BCUT2D eigenvalue weighted by Crippen LogP contribution is -2.62. The van der Waals surface area contributed by atoms with Crippen LogP contribution in [0.4, 0.5) is 4.79 Å². The van der Waals surface area contributed by atoms with Crippen molar-refractivity contribution in [1.82, 2.24) is 15.5 Å². The van der Waals surface area contributed by atoms with E-state index in [0.717, 1.165) is 0 Å². The maximum Gasteiger partial charge on any atom is 0.408 e. The van der Waals surface area contributed by atoms with Gasteiger partial charge < -0.3 is 25.4 Å². The number of piperazine rings is 1. The minimum absolute atomic E-state index is 0.0631. The minimum Gasteiger partial charge on any atom is -0.480 e. The minimum atomic E-state index is -1.18. The Labute approximate surface area is 130 Å². The molecule has 1 atom stereocenters. The van der Waals surface area contributed by atoms with E-state index in [1.165, 1.54) is 4.90 Å². The van der Waals surface area contributed by atoms with Crippen molar-refractivity contribution >= 4 is 18.0 Å². The maximum atomic E-state index is 12.5. The normalized spacial score (nSPS) is 19.5. The Morgan fingerprint density at radius 2 is 1.82 bits per heavy atom. The predicted molar refractivity (Wildman–Crippen MR) is 79.5 cm³/mol. The molecule has 0 aromatic rings. The molecule has 1 saturated heterocycles. The van der Waals surface area contributed by atoms with E-state index in [9.17, 15) is 14.4 Å². The molecule has 0 radical (unpaired) electrons. The Kier molecular flexibility index (Phi) is 5.39. The molecule has 3 N–H and O–H groups in total. The van der Waals surface area contributed by atoms with Crippen LogP contribution in [0, 0.1) is 0 Å². The van der Waals surface area contributed by atoms with Gasteiger partial charge in [0.15, 0.2) is 0 Å². The SMILES string of the molecule is CC(C)(C)OC(=O)NC(C)(C)C(=O)N1CCNC(C(=O)O)C1. The Hall–Kier alpha value is -1.83. The summed E-state index contributed by atoms with van der Waals surface area (Å²) in [5.74, 6) is -1.35. The average molecular weight is 315 g/mol. The molecular weight excluding hydrogens is 290 g/mol. The molecular formula is C14H25N3O5. The number of rotatable bonds is 3. The van der Waals surface area contributed by atoms with Gasteiger partial charge in [-0.2, -0.15) is 0 Å². The lowest BCUT2D eigenvalue weighted by atomic mass is 10.0. The van der Waals surface area contributed by atoms with E-state index in [0.29, 0.717) is 13.1 Å². The quantitative estimate of drug-likeness (QED) is 0.685. The van der Waals surface area contributed by atoms with Crippen molar-refractivity contribution in [2.24, 2.45) is 0 Å². The number of carboxylic acid groups (broad SMARTS) is 1. The summed E-state index contributed by atoms with van der Waals surface area (Å²) in [6, 6.07) is -0.796. The van der Waals surface area contributed by atoms with Crippen LogP contribution in [0.25, 0.3) is 0 Å². The lowest BCUT2D eigenvalue weighted by Gasteiger charge is -2.37. The highest BCUT2D eigenvalue weighted by Crippen LogP contribution is 2.13. The van der Waals surface area contributed by atoms with Crippen molar-refractivity contribution in [3.63, 3.8) is 0 Å². The van der Waals surface area contributed by atoms with Crippen molar-refractivity contribution in [2.75, 3.05) is 19.6 Å². The van der Waals surface area contributed by atoms with Crippen LogP contribution in [0.1, 0.15) is 34.6 Å². The van der Waals surface area contributed by atoms with Crippen LogP contribution in [0.5, 0.6) is 0 Å². The van der Waals surface area contributed by atoms with Crippen LogP contribution >= 0.6 is 0 Å². The lowest BCUT2D eigenvalue weighted by molar-refractivity contribution is -0.144. The standard InChI is InChI=1S/C14H25N3O5/c1-13(2,3)22-12(21)16-14(4,5)11(20)17-7-6-15-9(8-17)10(18)19/h9,15H,6-8H2,1-5H3,(H,16,21)(H,18,19). The second-order valence-electron chi connectivity index (χ2n) is 6.85. The van der Waals surface area contributed by atoms with Crippen LogP contribution in [-0.4, -0.2) is 64.8 Å². The summed E-state index contributed by atoms with van der Waals surface area (Å²) in [5.41, 5.74) is -1.84. The fourth-order valence-electron chi connectivity index (χ4n) is 2.11. The Bertz CT molecular complexity index is 456. The van der Waals surface area contributed by atoms with Crippen molar-refractivity contribution < 1.29 is 24.2 Å². The molecule has 0 aromatic carbocycles. The molecule has 0 saturated carbocycles. The molecule has 1 rings (SSSR count). The summed E-state index contributed by atoms with van der Waals surface area (Å²) in [7, 11) is 0. The first-order valence-corrected chi connectivity index (χ1v) is 7.19. The molecule has 1 aliphatic rings. The van der Waals surface area contributed by atoms with Gasteiger partial charge in [0.1, 0.15) is 17.2 Å². The zero-order chi connectivity index (χ0) is 17.1. The summed E-state index contributed by atoms with van der Waals surface area (Å²) in [5, 5.41) is 14.4. The first-order valence-electron chi connectivity index (χ1n) is 7.19. The molecule has 22 heavy (non-hydrogen) atoms. The Morgan fingerprint density at radius 3 is 2.32 bits per heavy atom. The van der Waals surface area contributed by atoms with E-state index in [4.69, 9.17) is 9.84 Å². The second-order valence-corrected chi connectivity index (χ2v) is 6.85.